The van der Waals surface area contributed by atoms with E-state index in [-0.39, 0.29) is 27.8 Å². The zero-order valence-corrected chi connectivity index (χ0v) is 23.7. The number of carbonyl (C=O) groups is 1. The Morgan fingerprint density at radius 3 is 2.42 bits per heavy atom. The third kappa shape index (κ3) is 4.69. The molecule has 4 aromatic rings. The molecule has 1 N–H and O–H groups in total. The van der Waals surface area contributed by atoms with Gasteiger partial charge in [0.15, 0.2) is 5.82 Å². The number of amides is 2. The van der Waals surface area contributed by atoms with Crippen molar-refractivity contribution in [1.82, 2.24) is 19.5 Å². The van der Waals surface area contributed by atoms with Gasteiger partial charge in [-0.2, -0.15) is 4.98 Å². The molecule has 0 radical (unpaired) electrons. The van der Waals surface area contributed by atoms with Crippen LogP contribution in [0.1, 0.15) is 37.2 Å². The van der Waals surface area contributed by atoms with Gasteiger partial charge in [0.05, 0.1) is 28.4 Å². The van der Waals surface area contributed by atoms with E-state index in [0.717, 1.165) is 0 Å². The Kier molecular flexibility index (Phi) is 7.28. The van der Waals surface area contributed by atoms with E-state index in [0.29, 0.717) is 34.3 Å². The summed E-state index contributed by atoms with van der Waals surface area (Å²) >= 11 is 12.1. The highest BCUT2D eigenvalue weighted by Gasteiger charge is 2.41. The first-order valence-corrected chi connectivity index (χ1v) is 13.0. The maximum absolute atomic E-state index is 14.8. The van der Waals surface area contributed by atoms with Crippen LogP contribution in [0.4, 0.5) is 31.0 Å². The third-order valence-electron chi connectivity index (χ3n) is 6.44. The Bertz CT molecular complexity index is 1630. The summed E-state index contributed by atoms with van der Waals surface area (Å²) in [5, 5.41) is 2.59. The fourth-order valence-electron chi connectivity index (χ4n) is 4.68. The van der Waals surface area contributed by atoms with Crippen molar-refractivity contribution in [2.75, 3.05) is 36.3 Å². The van der Waals surface area contributed by atoms with E-state index in [9.17, 15) is 13.6 Å². The summed E-state index contributed by atoms with van der Waals surface area (Å²) < 4.78 is 36.4. The van der Waals surface area contributed by atoms with Crippen LogP contribution in [0.5, 0.6) is 5.88 Å². The lowest BCUT2D eigenvalue weighted by atomic mass is 9.98. The molecule has 0 bridgehead atoms. The lowest BCUT2D eigenvalue weighted by Gasteiger charge is -2.37. The Morgan fingerprint density at radius 2 is 1.80 bits per heavy atom. The zero-order valence-electron chi connectivity index (χ0n) is 22.2. The van der Waals surface area contributed by atoms with Crippen LogP contribution in [0, 0.1) is 11.6 Å². The van der Waals surface area contributed by atoms with Crippen LogP contribution in [0.15, 0.2) is 42.6 Å². The van der Waals surface area contributed by atoms with Gasteiger partial charge in [0.25, 0.3) is 0 Å². The molecule has 5 rings (SSSR count). The second-order valence-corrected chi connectivity index (χ2v) is 10.4. The summed E-state index contributed by atoms with van der Waals surface area (Å²) in [6.07, 6.45) is 1.60. The van der Waals surface area contributed by atoms with Crippen LogP contribution in [-0.2, 0) is 0 Å². The molecule has 1 aliphatic heterocycles. The highest BCUT2D eigenvalue weighted by atomic mass is 35.5. The van der Waals surface area contributed by atoms with Crippen LogP contribution in [0.25, 0.3) is 11.4 Å². The summed E-state index contributed by atoms with van der Waals surface area (Å²) in [5.41, 5.74) is 1.75. The predicted molar refractivity (Wildman–Crippen MR) is 151 cm³/mol. The lowest BCUT2D eigenvalue weighted by molar-refractivity contribution is 0.254. The summed E-state index contributed by atoms with van der Waals surface area (Å²) in [7, 11) is 5.11. The van der Waals surface area contributed by atoms with Gasteiger partial charge in [0.1, 0.15) is 23.5 Å². The standard InChI is InChI=1S/C27H25Cl2F2N7O2/c1-13(2)37-22-21(14-6-8-17(28)20(31)10-14)38(15-7-9-19(30)18(29)11-15)27(39)34-23(22)33-24(37)16-12-32-26(36(3)4)35-25(16)40-5/h6-13,21H,1-5H3,(H,34,39). The molecule has 2 aromatic heterocycles. The normalized spacial score (nSPS) is 14.8. The van der Waals surface area contributed by atoms with Crippen molar-refractivity contribution in [3.8, 4) is 17.3 Å². The minimum atomic E-state index is -0.895. The van der Waals surface area contributed by atoms with Crippen molar-refractivity contribution in [3.63, 3.8) is 0 Å². The minimum Gasteiger partial charge on any atom is -0.480 e. The first-order chi connectivity index (χ1) is 19.0. The van der Waals surface area contributed by atoms with Crippen molar-refractivity contribution in [1.29, 1.82) is 0 Å². The quantitative estimate of drug-likeness (QED) is 0.269. The molecule has 2 aromatic carbocycles. The molecule has 40 heavy (non-hydrogen) atoms. The first kappa shape index (κ1) is 27.6. The van der Waals surface area contributed by atoms with Crippen molar-refractivity contribution in [2.45, 2.75) is 25.9 Å². The number of methoxy groups -OCH3 is 1. The number of rotatable bonds is 6. The van der Waals surface area contributed by atoms with Gasteiger partial charge in [-0.15, -0.1) is 0 Å². The van der Waals surface area contributed by atoms with Gasteiger partial charge in [-0.1, -0.05) is 29.3 Å². The van der Waals surface area contributed by atoms with Gasteiger partial charge in [-0.05, 0) is 49.7 Å². The molecule has 1 aliphatic rings. The average Bonchev–Trinajstić information content (AvgIpc) is 3.29. The molecular weight excluding hydrogens is 563 g/mol. The SMILES string of the molecule is COc1nc(N(C)C)ncc1-c1nc2c(n1C(C)C)C(c1ccc(Cl)c(F)c1)N(c1ccc(F)c(Cl)c1)C(=O)N2. The monoisotopic (exact) mass is 587 g/mol. The minimum absolute atomic E-state index is 0.0680. The van der Waals surface area contributed by atoms with Crippen LogP contribution in [-0.4, -0.2) is 46.8 Å². The fraction of sp³-hybridized carbons (Fsp3) is 0.259. The molecule has 0 saturated heterocycles. The van der Waals surface area contributed by atoms with Gasteiger partial charge in [0, 0.05) is 32.0 Å². The molecule has 1 atom stereocenters. The van der Waals surface area contributed by atoms with E-state index in [1.165, 1.54) is 42.3 Å². The molecule has 13 heteroatoms. The molecule has 2 amide bonds. The predicted octanol–water partition coefficient (Wildman–Crippen LogP) is 6.72. The number of imidazole rings is 1. The van der Waals surface area contributed by atoms with Crippen LogP contribution >= 0.6 is 23.2 Å². The Hall–Kier alpha value is -3.96. The van der Waals surface area contributed by atoms with E-state index < -0.39 is 23.7 Å². The van der Waals surface area contributed by atoms with Crippen molar-refractivity contribution >= 4 is 46.7 Å². The number of nitrogens with one attached hydrogen (secondary N) is 1. The number of hydrogen-bond acceptors (Lipinski definition) is 6. The number of halogens is 4. The molecule has 9 nitrogen and oxygen atoms in total. The zero-order chi connectivity index (χ0) is 28.9. The van der Waals surface area contributed by atoms with Crippen molar-refractivity contribution < 1.29 is 18.3 Å². The fourth-order valence-corrected chi connectivity index (χ4v) is 4.98. The molecule has 208 valence electrons. The number of ether oxygens (including phenoxy) is 1. The Balaban J connectivity index is 1.80. The lowest BCUT2D eigenvalue weighted by Crippen LogP contribution is -2.44. The van der Waals surface area contributed by atoms with E-state index in [2.05, 4.69) is 15.3 Å². The highest BCUT2D eigenvalue weighted by Crippen LogP contribution is 2.45. The van der Waals surface area contributed by atoms with E-state index >= 15 is 0 Å². The summed E-state index contributed by atoms with van der Waals surface area (Å²) in [4.78, 5) is 30.4. The number of anilines is 3. The molecule has 0 saturated carbocycles. The first-order valence-electron chi connectivity index (χ1n) is 12.2. The van der Waals surface area contributed by atoms with Gasteiger partial charge < -0.3 is 14.2 Å². The van der Waals surface area contributed by atoms with Crippen molar-refractivity contribution in [3.05, 3.63) is 75.5 Å². The number of urea groups is 1. The number of fused-ring (bicyclic) bond motifs is 1. The number of nitrogens with zero attached hydrogens (tertiary/aromatic N) is 6. The van der Waals surface area contributed by atoms with Crippen molar-refractivity contribution in [2.24, 2.45) is 0 Å². The van der Waals surface area contributed by atoms with E-state index in [1.54, 1.807) is 17.2 Å². The number of benzene rings is 2. The highest BCUT2D eigenvalue weighted by molar-refractivity contribution is 6.31. The molecule has 3 heterocycles. The Labute approximate surface area is 239 Å². The van der Waals surface area contributed by atoms with Gasteiger partial charge >= 0.3 is 6.03 Å². The second-order valence-electron chi connectivity index (χ2n) is 9.60. The number of carbonyl (C=O) groups excluding carboxylic acids is 1. The molecule has 0 fully saturated rings. The Morgan fingerprint density at radius 1 is 1.05 bits per heavy atom. The van der Waals surface area contributed by atoms with E-state index in [4.69, 9.17) is 32.9 Å². The van der Waals surface area contributed by atoms with E-state index in [1.807, 2.05) is 32.5 Å². The topological polar surface area (TPSA) is 88.4 Å². The van der Waals surface area contributed by atoms with Crippen LogP contribution < -0.4 is 19.9 Å². The van der Waals surface area contributed by atoms with Crippen LogP contribution in [0.3, 0.4) is 0 Å². The maximum atomic E-state index is 14.8. The smallest absolute Gasteiger partial charge is 0.328 e. The number of hydrogen-bond donors (Lipinski definition) is 1. The van der Waals surface area contributed by atoms with Gasteiger partial charge in [-0.25, -0.2) is 23.5 Å². The molecule has 0 spiro atoms. The van der Waals surface area contributed by atoms with Gasteiger partial charge in [-0.3, -0.25) is 10.2 Å². The maximum Gasteiger partial charge on any atom is 0.328 e. The largest absolute Gasteiger partial charge is 0.480 e. The summed E-state index contributed by atoms with van der Waals surface area (Å²) in [6.45, 7) is 3.89. The molecule has 1 unspecified atom stereocenters. The summed E-state index contributed by atoms with van der Waals surface area (Å²) in [5.74, 6) is 0.119. The van der Waals surface area contributed by atoms with Crippen LogP contribution in [0.2, 0.25) is 10.0 Å². The molecule has 0 aliphatic carbocycles. The number of aromatic nitrogens is 4. The second kappa shape index (κ2) is 10.5. The molecular formula is C27H25Cl2F2N7O2. The average molecular weight is 588 g/mol. The third-order valence-corrected chi connectivity index (χ3v) is 7.04. The van der Waals surface area contributed by atoms with Gasteiger partial charge in [0.2, 0.25) is 11.8 Å². The summed E-state index contributed by atoms with van der Waals surface area (Å²) in [6, 6.07) is 6.59.